The van der Waals surface area contributed by atoms with Gasteiger partial charge in [-0.05, 0) is 30.3 Å². The van der Waals surface area contributed by atoms with E-state index in [-0.39, 0.29) is 12.2 Å². The van der Waals surface area contributed by atoms with Gasteiger partial charge in [0.2, 0.25) is 5.91 Å². The average molecular weight is 486 g/mol. The molecule has 0 aromatic heterocycles. The number of methoxy groups -OCH3 is 1. The zero-order valence-electron chi connectivity index (χ0n) is 16.5. The molecule has 1 saturated heterocycles. The minimum absolute atomic E-state index is 0.0558. The van der Waals surface area contributed by atoms with Gasteiger partial charge in [0.1, 0.15) is 5.75 Å². The standard InChI is InChI=1S/C21H23BrF3N3O2/c1-30-19-7-6-16(22)12-15(19)13-27-8-10-28(11-9-27)14-20(29)26-18-5-3-2-4-17(18)21(23,24)25/h2-7,12H,8-11,13-14H2,1H3,(H,26,29). The minimum atomic E-state index is -4.51. The second-order valence-electron chi connectivity index (χ2n) is 7.10. The van der Waals surface area contributed by atoms with Gasteiger partial charge in [-0.15, -0.1) is 0 Å². The monoisotopic (exact) mass is 485 g/mol. The molecule has 0 atom stereocenters. The Kier molecular flexibility index (Phi) is 7.38. The van der Waals surface area contributed by atoms with Gasteiger partial charge in [0.05, 0.1) is 24.9 Å². The lowest BCUT2D eigenvalue weighted by atomic mass is 10.1. The topological polar surface area (TPSA) is 44.8 Å². The van der Waals surface area contributed by atoms with E-state index >= 15 is 0 Å². The van der Waals surface area contributed by atoms with E-state index in [2.05, 4.69) is 26.1 Å². The molecule has 1 aliphatic heterocycles. The summed E-state index contributed by atoms with van der Waals surface area (Å²) in [7, 11) is 1.64. The molecule has 1 aliphatic rings. The second-order valence-corrected chi connectivity index (χ2v) is 8.02. The van der Waals surface area contributed by atoms with Crippen LogP contribution in [-0.4, -0.2) is 55.5 Å². The van der Waals surface area contributed by atoms with Crippen LogP contribution in [0.5, 0.6) is 5.75 Å². The third kappa shape index (κ3) is 5.96. The van der Waals surface area contributed by atoms with E-state index in [1.54, 1.807) is 7.11 Å². The van der Waals surface area contributed by atoms with Crippen molar-refractivity contribution in [3.63, 3.8) is 0 Å². The first-order valence-electron chi connectivity index (χ1n) is 9.49. The molecule has 9 heteroatoms. The summed E-state index contributed by atoms with van der Waals surface area (Å²) in [5.74, 6) is 0.372. The third-order valence-electron chi connectivity index (χ3n) is 4.98. The average Bonchev–Trinajstić information content (AvgIpc) is 2.69. The predicted molar refractivity (Wildman–Crippen MR) is 112 cm³/mol. The number of carbonyl (C=O) groups excluding carboxylic acids is 1. The zero-order chi connectivity index (χ0) is 21.7. The summed E-state index contributed by atoms with van der Waals surface area (Å²) >= 11 is 3.47. The normalized spacial score (nSPS) is 15.8. The van der Waals surface area contributed by atoms with Gasteiger partial charge in [-0.1, -0.05) is 28.1 Å². The number of piperazine rings is 1. The maximum absolute atomic E-state index is 13.1. The van der Waals surface area contributed by atoms with Crippen LogP contribution in [-0.2, 0) is 17.5 Å². The quantitative estimate of drug-likeness (QED) is 0.664. The maximum atomic E-state index is 13.1. The lowest BCUT2D eigenvalue weighted by molar-refractivity contribution is -0.137. The number of alkyl halides is 3. The first-order valence-corrected chi connectivity index (χ1v) is 10.3. The van der Waals surface area contributed by atoms with Gasteiger partial charge in [-0.3, -0.25) is 14.6 Å². The molecule has 0 saturated carbocycles. The number of anilines is 1. The van der Waals surface area contributed by atoms with Gasteiger partial charge in [0, 0.05) is 42.8 Å². The summed E-state index contributed by atoms with van der Waals surface area (Å²) in [5, 5.41) is 2.40. The van der Waals surface area contributed by atoms with Crippen LogP contribution in [0.1, 0.15) is 11.1 Å². The highest BCUT2D eigenvalue weighted by Gasteiger charge is 2.33. The van der Waals surface area contributed by atoms with Crippen LogP contribution in [0.15, 0.2) is 46.9 Å². The molecule has 1 fully saturated rings. The molecule has 0 unspecified atom stereocenters. The molecule has 162 valence electrons. The van der Waals surface area contributed by atoms with Crippen molar-refractivity contribution >= 4 is 27.5 Å². The number of nitrogens with one attached hydrogen (secondary N) is 1. The zero-order valence-corrected chi connectivity index (χ0v) is 18.1. The fraction of sp³-hybridized carbons (Fsp3) is 0.381. The number of halogens is 4. The van der Waals surface area contributed by atoms with Crippen LogP contribution in [0, 0.1) is 0 Å². The molecule has 1 amide bonds. The molecule has 30 heavy (non-hydrogen) atoms. The Hall–Kier alpha value is -2.10. The molecule has 0 aliphatic carbocycles. The van der Waals surface area contributed by atoms with Crippen LogP contribution in [0.4, 0.5) is 18.9 Å². The van der Waals surface area contributed by atoms with Gasteiger partial charge in [-0.25, -0.2) is 0 Å². The van der Waals surface area contributed by atoms with E-state index in [9.17, 15) is 18.0 Å². The Labute approximate surface area is 181 Å². The van der Waals surface area contributed by atoms with E-state index in [0.717, 1.165) is 41.5 Å². The fourth-order valence-corrected chi connectivity index (χ4v) is 3.86. The Morgan fingerprint density at radius 2 is 1.77 bits per heavy atom. The van der Waals surface area contributed by atoms with Crippen molar-refractivity contribution < 1.29 is 22.7 Å². The van der Waals surface area contributed by atoms with Gasteiger partial charge in [0.15, 0.2) is 0 Å². The fourth-order valence-electron chi connectivity index (χ4n) is 3.45. The maximum Gasteiger partial charge on any atom is 0.418 e. The van der Waals surface area contributed by atoms with Gasteiger partial charge < -0.3 is 10.1 Å². The van der Waals surface area contributed by atoms with E-state index in [1.165, 1.54) is 18.2 Å². The number of hydrogen-bond donors (Lipinski definition) is 1. The highest BCUT2D eigenvalue weighted by atomic mass is 79.9. The van der Waals surface area contributed by atoms with E-state index < -0.39 is 17.6 Å². The minimum Gasteiger partial charge on any atom is -0.496 e. The number of amides is 1. The van der Waals surface area contributed by atoms with Gasteiger partial charge >= 0.3 is 6.18 Å². The molecule has 3 rings (SSSR count). The van der Waals surface area contributed by atoms with Crippen molar-refractivity contribution in [2.75, 3.05) is 45.2 Å². The number of para-hydroxylation sites is 1. The van der Waals surface area contributed by atoms with Crippen LogP contribution in [0.2, 0.25) is 0 Å². The molecule has 2 aromatic carbocycles. The van der Waals surface area contributed by atoms with Crippen molar-refractivity contribution in [1.29, 1.82) is 0 Å². The Bertz CT molecular complexity index is 884. The number of benzene rings is 2. The van der Waals surface area contributed by atoms with E-state index in [1.807, 2.05) is 23.1 Å². The highest BCUT2D eigenvalue weighted by molar-refractivity contribution is 9.10. The molecule has 0 bridgehead atoms. The summed E-state index contributed by atoms with van der Waals surface area (Å²) in [6.45, 7) is 3.60. The number of rotatable bonds is 6. The van der Waals surface area contributed by atoms with E-state index in [4.69, 9.17) is 4.74 Å². The SMILES string of the molecule is COc1ccc(Br)cc1CN1CCN(CC(=O)Nc2ccccc2C(F)(F)F)CC1. The second kappa shape index (κ2) is 9.80. The molecule has 0 radical (unpaired) electrons. The molecular formula is C21H23BrF3N3O2. The van der Waals surface area contributed by atoms with Crippen molar-refractivity contribution in [3.8, 4) is 5.75 Å². The molecule has 5 nitrogen and oxygen atoms in total. The van der Waals surface area contributed by atoms with Crippen molar-refractivity contribution in [1.82, 2.24) is 9.80 Å². The molecule has 1 heterocycles. The van der Waals surface area contributed by atoms with Crippen LogP contribution >= 0.6 is 15.9 Å². The first kappa shape index (κ1) is 22.6. The van der Waals surface area contributed by atoms with Crippen molar-refractivity contribution in [2.24, 2.45) is 0 Å². The van der Waals surface area contributed by atoms with Crippen molar-refractivity contribution in [2.45, 2.75) is 12.7 Å². The number of hydrogen-bond acceptors (Lipinski definition) is 4. The Morgan fingerprint density at radius 3 is 2.43 bits per heavy atom. The van der Waals surface area contributed by atoms with Gasteiger partial charge in [0.25, 0.3) is 0 Å². The lowest BCUT2D eigenvalue weighted by Crippen LogP contribution is -2.48. The van der Waals surface area contributed by atoms with Crippen LogP contribution in [0.3, 0.4) is 0 Å². The molecule has 2 aromatic rings. The highest BCUT2D eigenvalue weighted by Crippen LogP contribution is 2.34. The number of nitrogens with zero attached hydrogens (tertiary/aromatic N) is 2. The van der Waals surface area contributed by atoms with Crippen LogP contribution < -0.4 is 10.1 Å². The Balaban J connectivity index is 1.52. The lowest BCUT2D eigenvalue weighted by Gasteiger charge is -2.34. The number of ether oxygens (including phenoxy) is 1. The van der Waals surface area contributed by atoms with Crippen LogP contribution in [0.25, 0.3) is 0 Å². The van der Waals surface area contributed by atoms with Crippen molar-refractivity contribution in [3.05, 3.63) is 58.1 Å². The summed E-state index contributed by atoms with van der Waals surface area (Å²) in [5.41, 5.74) is 0.0170. The molecule has 0 spiro atoms. The van der Waals surface area contributed by atoms with E-state index in [0.29, 0.717) is 13.1 Å². The summed E-state index contributed by atoms with van der Waals surface area (Å²) in [6.07, 6.45) is -4.51. The summed E-state index contributed by atoms with van der Waals surface area (Å²) < 4.78 is 45.6. The van der Waals surface area contributed by atoms with Gasteiger partial charge in [-0.2, -0.15) is 13.2 Å². The smallest absolute Gasteiger partial charge is 0.418 e. The largest absolute Gasteiger partial charge is 0.496 e. The third-order valence-corrected chi connectivity index (χ3v) is 5.47. The summed E-state index contributed by atoms with van der Waals surface area (Å²) in [6, 6.07) is 10.9. The molecular weight excluding hydrogens is 463 g/mol. The molecule has 1 N–H and O–H groups in total. The summed E-state index contributed by atoms with van der Waals surface area (Å²) in [4.78, 5) is 16.5. The number of carbonyl (C=O) groups is 1. The first-order chi connectivity index (χ1) is 14.3. The Morgan fingerprint density at radius 1 is 1.10 bits per heavy atom. The predicted octanol–water partition coefficient (Wildman–Crippen LogP) is 4.23.